The second-order valence-electron chi connectivity index (χ2n) is 7.42. The highest BCUT2D eigenvalue weighted by molar-refractivity contribution is 5.08. The second kappa shape index (κ2) is 6.79. The summed E-state index contributed by atoms with van der Waals surface area (Å²) in [4.78, 5) is 0. The summed E-state index contributed by atoms with van der Waals surface area (Å²) >= 11 is 0. The summed E-state index contributed by atoms with van der Waals surface area (Å²) < 4.78 is 6.57. The second-order valence-corrected chi connectivity index (χ2v) is 7.42. The Bertz CT molecular complexity index is 290. The van der Waals surface area contributed by atoms with E-state index in [4.69, 9.17) is 4.74 Å². The fourth-order valence-corrected chi connectivity index (χ4v) is 4.86. The summed E-state index contributed by atoms with van der Waals surface area (Å²) in [6, 6.07) is 0.743. The first kappa shape index (κ1) is 14.8. The molecule has 1 N–H and O–H groups in total. The van der Waals surface area contributed by atoms with E-state index in [1.54, 1.807) is 0 Å². The number of rotatable bonds is 5. The van der Waals surface area contributed by atoms with Crippen molar-refractivity contribution in [2.75, 3.05) is 6.54 Å². The fraction of sp³-hybridized carbons (Fsp3) is 1.00. The van der Waals surface area contributed by atoms with Gasteiger partial charge in [0.25, 0.3) is 0 Å². The summed E-state index contributed by atoms with van der Waals surface area (Å²) in [5, 5.41) is 3.83. The van der Waals surface area contributed by atoms with Gasteiger partial charge in [-0.25, -0.2) is 0 Å². The maximum absolute atomic E-state index is 6.57. The van der Waals surface area contributed by atoms with Crippen LogP contribution in [0.3, 0.4) is 0 Å². The van der Waals surface area contributed by atoms with Crippen molar-refractivity contribution in [1.82, 2.24) is 5.32 Å². The van der Waals surface area contributed by atoms with Crippen LogP contribution in [0.15, 0.2) is 0 Å². The lowest BCUT2D eigenvalue weighted by molar-refractivity contribution is -0.167. The van der Waals surface area contributed by atoms with Crippen LogP contribution in [0.2, 0.25) is 0 Å². The van der Waals surface area contributed by atoms with Crippen molar-refractivity contribution in [2.24, 2.45) is 5.41 Å². The van der Waals surface area contributed by atoms with E-state index < -0.39 is 0 Å². The third-order valence-corrected chi connectivity index (χ3v) is 6.12. The highest BCUT2D eigenvalue weighted by atomic mass is 16.5. The Morgan fingerprint density at radius 3 is 2.35 bits per heavy atom. The molecular formula is C18H33NO. The molecule has 3 fully saturated rings. The average molecular weight is 279 g/mol. The number of ether oxygens (including phenoxy) is 1. The van der Waals surface area contributed by atoms with Crippen molar-refractivity contribution in [3.05, 3.63) is 0 Å². The first-order chi connectivity index (χ1) is 9.85. The molecule has 0 aromatic carbocycles. The molecule has 3 aliphatic carbocycles. The predicted octanol–water partition coefficient (Wildman–Crippen LogP) is 4.43. The molecule has 0 saturated heterocycles. The van der Waals surface area contributed by atoms with Gasteiger partial charge in [-0.3, -0.25) is 0 Å². The maximum Gasteiger partial charge on any atom is 0.0665 e. The van der Waals surface area contributed by atoms with Crippen molar-refractivity contribution >= 4 is 0 Å². The van der Waals surface area contributed by atoms with Gasteiger partial charge in [-0.05, 0) is 45.1 Å². The Morgan fingerprint density at radius 2 is 1.70 bits per heavy atom. The Balaban J connectivity index is 1.63. The lowest BCUT2D eigenvalue weighted by Crippen LogP contribution is -2.64. The van der Waals surface area contributed by atoms with Crippen molar-refractivity contribution in [3.8, 4) is 0 Å². The zero-order valence-corrected chi connectivity index (χ0v) is 13.3. The average Bonchev–Trinajstić information content (AvgIpc) is 2.82. The van der Waals surface area contributed by atoms with Crippen LogP contribution >= 0.6 is 0 Å². The predicted molar refractivity (Wildman–Crippen MR) is 84.0 cm³/mol. The van der Waals surface area contributed by atoms with Gasteiger partial charge in [-0.1, -0.05) is 45.4 Å². The number of hydrogen-bond acceptors (Lipinski definition) is 2. The molecule has 0 amide bonds. The molecule has 2 nitrogen and oxygen atoms in total. The van der Waals surface area contributed by atoms with E-state index in [2.05, 4.69) is 12.2 Å². The highest BCUT2D eigenvalue weighted by Crippen LogP contribution is 2.53. The molecule has 0 aromatic rings. The lowest BCUT2D eigenvalue weighted by Gasteiger charge is -2.57. The molecule has 3 aliphatic rings. The summed E-state index contributed by atoms with van der Waals surface area (Å²) in [7, 11) is 0. The first-order valence-corrected chi connectivity index (χ1v) is 9.24. The lowest BCUT2D eigenvalue weighted by atomic mass is 9.57. The normalized spacial score (nSPS) is 34.0. The van der Waals surface area contributed by atoms with Gasteiger partial charge < -0.3 is 10.1 Å². The fourth-order valence-electron chi connectivity index (χ4n) is 4.86. The molecule has 0 aliphatic heterocycles. The summed E-state index contributed by atoms with van der Waals surface area (Å²) in [5.41, 5.74) is 0.494. The van der Waals surface area contributed by atoms with Crippen LogP contribution in [0.5, 0.6) is 0 Å². The summed E-state index contributed by atoms with van der Waals surface area (Å²) in [5.74, 6) is 0. The molecule has 3 saturated carbocycles. The van der Waals surface area contributed by atoms with Crippen molar-refractivity contribution in [1.29, 1.82) is 0 Å². The quantitative estimate of drug-likeness (QED) is 0.804. The monoisotopic (exact) mass is 279 g/mol. The zero-order valence-electron chi connectivity index (χ0n) is 13.3. The van der Waals surface area contributed by atoms with Crippen LogP contribution in [0.4, 0.5) is 0 Å². The van der Waals surface area contributed by atoms with Crippen molar-refractivity contribution < 1.29 is 4.74 Å². The minimum atomic E-state index is 0.494. The van der Waals surface area contributed by atoms with Gasteiger partial charge in [0.2, 0.25) is 0 Å². The first-order valence-electron chi connectivity index (χ1n) is 9.24. The number of hydrogen-bond donors (Lipinski definition) is 1. The molecular weight excluding hydrogens is 246 g/mol. The van der Waals surface area contributed by atoms with Crippen LogP contribution < -0.4 is 5.32 Å². The summed E-state index contributed by atoms with van der Waals surface area (Å²) in [6.07, 6.45) is 17.7. The van der Waals surface area contributed by atoms with E-state index in [-0.39, 0.29) is 0 Å². The van der Waals surface area contributed by atoms with Crippen LogP contribution in [0, 0.1) is 5.41 Å². The van der Waals surface area contributed by atoms with Crippen LogP contribution in [0.25, 0.3) is 0 Å². The SMILES string of the molecule is CCCNC1CC(OC2CCCC2)C12CCCCCC2. The maximum atomic E-state index is 6.57. The van der Waals surface area contributed by atoms with Gasteiger partial charge in [0.1, 0.15) is 0 Å². The Morgan fingerprint density at radius 1 is 1.00 bits per heavy atom. The smallest absolute Gasteiger partial charge is 0.0665 e. The molecule has 0 aromatic heterocycles. The topological polar surface area (TPSA) is 21.3 Å². The van der Waals surface area contributed by atoms with Crippen LogP contribution in [-0.2, 0) is 4.74 Å². The van der Waals surface area contributed by atoms with Gasteiger partial charge >= 0.3 is 0 Å². The van der Waals surface area contributed by atoms with Crippen molar-refractivity contribution in [3.63, 3.8) is 0 Å². The van der Waals surface area contributed by atoms with Crippen LogP contribution in [0.1, 0.15) is 84.0 Å². The van der Waals surface area contributed by atoms with Crippen molar-refractivity contribution in [2.45, 2.75) is 102 Å². The summed E-state index contributed by atoms with van der Waals surface area (Å²) in [6.45, 7) is 3.46. The van der Waals surface area contributed by atoms with E-state index in [1.807, 2.05) is 0 Å². The van der Waals surface area contributed by atoms with E-state index >= 15 is 0 Å². The molecule has 3 rings (SSSR count). The van der Waals surface area contributed by atoms with Gasteiger partial charge in [0, 0.05) is 11.5 Å². The largest absolute Gasteiger partial charge is 0.374 e. The molecule has 0 bridgehead atoms. The van der Waals surface area contributed by atoms with E-state index in [1.165, 1.54) is 83.6 Å². The van der Waals surface area contributed by atoms with Gasteiger partial charge in [0.05, 0.1) is 12.2 Å². The molecule has 2 heteroatoms. The molecule has 1 spiro atoms. The molecule has 20 heavy (non-hydrogen) atoms. The highest BCUT2D eigenvalue weighted by Gasteiger charge is 2.55. The molecule has 0 radical (unpaired) electrons. The van der Waals surface area contributed by atoms with Gasteiger partial charge in [-0.2, -0.15) is 0 Å². The van der Waals surface area contributed by atoms with E-state index in [9.17, 15) is 0 Å². The molecule has 0 heterocycles. The minimum Gasteiger partial charge on any atom is -0.374 e. The zero-order chi connectivity index (χ0) is 13.8. The van der Waals surface area contributed by atoms with E-state index in [0.717, 1.165) is 6.04 Å². The molecule has 2 atom stereocenters. The molecule has 2 unspecified atom stereocenters. The third-order valence-electron chi connectivity index (χ3n) is 6.12. The Kier molecular flexibility index (Phi) is 5.04. The van der Waals surface area contributed by atoms with E-state index in [0.29, 0.717) is 17.6 Å². The van der Waals surface area contributed by atoms with Gasteiger partial charge in [-0.15, -0.1) is 0 Å². The Labute approximate surface area is 125 Å². The third kappa shape index (κ3) is 2.92. The number of nitrogens with one attached hydrogen (secondary N) is 1. The standard InChI is InChI=1S/C18H33NO/c1-2-13-19-16-14-17(20-15-9-5-6-10-15)18(16)11-7-3-4-8-12-18/h15-17,19H,2-14H2,1H3. The minimum absolute atomic E-state index is 0.494. The molecule has 116 valence electrons. The Hall–Kier alpha value is -0.0800. The van der Waals surface area contributed by atoms with Crippen LogP contribution in [-0.4, -0.2) is 24.8 Å². The van der Waals surface area contributed by atoms with Gasteiger partial charge in [0.15, 0.2) is 0 Å².